The Hall–Kier alpha value is -2.56. The van der Waals surface area contributed by atoms with Crippen LogP contribution in [0.15, 0.2) is 30.3 Å². The average molecular weight is 318 g/mol. The molecule has 0 saturated carbocycles. The van der Waals surface area contributed by atoms with E-state index in [0.717, 1.165) is 30.4 Å². The standard InChI is InChI=1S/C18H22O5/c1-21-15-10-8-13(18(23-3)17(15)20)6-4-5-12-7-9-14(19)16(11-12)22-2/h7-11,19-20H,4-6H2,1-3H3. The van der Waals surface area contributed by atoms with E-state index in [2.05, 4.69) is 0 Å². The zero-order valence-corrected chi connectivity index (χ0v) is 13.6. The molecule has 124 valence electrons. The van der Waals surface area contributed by atoms with E-state index in [9.17, 15) is 10.2 Å². The summed E-state index contributed by atoms with van der Waals surface area (Å²) in [6.07, 6.45) is 2.45. The first-order valence-electron chi connectivity index (χ1n) is 7.39. The molecular weight excluding hydrogens is 296 g/mol. The highest BCUT2D eigenvalue weighted by molar-refractivity contribution is 5.54. The van der Waals surface area contributed by atoms with Crippen LogP contribution in [0.25, 0.3) is 0 Å². The smallest absolute Gasteiger partial charge is 0.201 e. The highest BCUT2D eigenvalue weighted by Crippen LogP contribution is 2.39. The van der Waals surface area contributed by atoms with Crippen LogP contribution in [0.5, 0.6) is 28.7 Å². The molecule has 0 aliphatic carbocycles. The Morgan fingerprint density at radius 3 is 2.22 bits per heavy atom. The Kier molecular flexibility index (Phi) is 5.57. The Labute approximate surface area is 136 Å². The molecule has 0 aliphatic rings. The van der Waals surface area contributed by atoms with Gasteiger partial charge in [0, 0.05) is 0 Å². The van der Waals surface area contributed by atoms with Crippen LogP contribution in [0.2, 0.25) is 0 Å². The van der Waals surface area contributed by atoms with E-state index in [-0.39, 0.29) is 11.5 Å². The lowest BCUT2D eigenvalue weighted by molar-refractivity contribution is 0.337. The summed E-state index contributed by atoms with van der Waals surface area (Å²) in [4.78, 5) is 0. The monoisotopic (exact) mass is 318 g/mol. The van der Waals surface area contributed by atoms with Gasteiger partial charge in [-0.2, -0.15) is 0 Å². The molecule has 0 aromatic heterocycles. The van der Waals surface area contributed by atoms with Gasteiger partial charge in [0.15, 0.2) is 23.0 Å². The van der Waals surface area contributed by atoms with Crippen molar-refractivity contribution in [1.82, 2.24) is 0 Å². The average Bonchev–Trinajstić information content (AvgIpc) is 2.56. The molecule has 0 fully saturated rings. The third-order valence-corrected chi connectivity index (χ3v) is 3.76. The van der Waals surface area contributed by atoms with Gasteiger partial charge in [-0.3, -0.25) is 0 Å². The molecule has 2 N–H and O–H groups in total. The number of phenols is 2. The lowest BCUT2D eigenvalue weighted by Gasteiger charge is -2.13. The molecule has 0 atom stereocenters. The summed E-state index contributed by atoms with van der Waals surface area (Å²) in [5.41, 5.74) is 2.01. The van der Waals surface area contributed by atoms with Crippen LogP contribution in [-0.2, 0) is 12.8 Å². The van der Waals surface area contributed by atoms with E-state index in [4.69, 9.17) is 14.2 Å². The van der Waals surface area contributed by atoms with Gasteiger partial charge in [-0.05, 0) is 48.6 Å². The molecular formula is C18H22O5. The molecule has 2 aromatic carbocycles. The number of phenolic OH excluding ortho intramolecular Hbond substituents is 2. The van der Waals surface area contributed by atoms with Crippen molar-refractivity contribution in [2.45, 2.75) is 19.3 Å². The van der Waals surface area contributed by atoms with Gasteiger partial charge < -0.3 is 24.4 Å². The number of hydrogen-bond donors (Lipinski definition) is 2. The lowest BCUT2D eigenvalue weighted by atomic mass is 10.0. The Bertz CT molecular complexity index is 667. The van der Waals surface area contributed by atoms with Crippen molar-refractivity contribution < 1.29 is 24.4 Å². The number of benzene rings is 2. The molecule has 0 spiro atoms. The van der Waals surface area contributed by atoms with Crippen molar-refractivity contribution in [3.05, 3.63) is 41.5 Å². The summed E-state index contributed by atoms with van der Waals surface area (Å²) >= 11 is 0. The molecule has 0 saturated heterocycles. The molecule has 23 heavy (non-hydrogen) atoms. The van der Waals surface area contributed by atoms with E-state index < -0.39 is 0 Å². The summed E-state index contributed by atoms with van der Waals surface area (Å²) < 4.78 is 15.5. The molecule has 2 aromatic rings. The number of methoxy groups -OCH3 is 3. The van der Waals surface area contributed by atoms with Crippen LogP contribution >= 0.6 is 0 Å². The minimum absolute atomic E-state index is 0.0267. The van der Waals surface area contributed by atoms with Gasteiger partial charge in [-0.15, -0.1) is 0 Å². The van der Waals surface area contributed by atoms with Crippen LogP contribution in [-0.4, -0.2) is 31.5 Å². The van der Waals surface area contributed by atoms with Crippen LogP contribution < -0.4 is 14.2 Å². The molecule has 0 aliphatic heterocycles. The Morgan fingerprint density at radius 2 is 1.57 bits per heavy atom. The van der Waals surface area contributed by atoms with Gasteiger partial charge in [0.05, 0.1) is 21.3 Å². The first kappa shape index (κ1) is 16.8. The lowest BCUT2D eigenvalue weighted by Crippen LogP contribution is -1.97. The number of ether oxygens (including phenoxy) is 3. The minimum atomic E-state index is 0.0267. The van der Waals surface area contributed by atoms with E-state index >= 15 is 0 Å². The fraction of sp³-hybridized carbons (Fsp3) is 0.333. The highest BCUT2D eigenvalue weighted by atomic mass is 16.5. The zero-order valence-electron chi connectivity index (χ0n) is 13.6. The van der Waals surface area contributed by atoms with Crippen LogP contribution in [0.3, 0.4) is 0 Å². The second-order valence-electron chi connectivity index (χ2n) is 5.17. The maximum Gasteiger partial charge on any atom is 0.201 e. The van der Waals surface area contributed by atoms with E-state index in [0.29, 0.717) is 17.2 Å². The second-order valence-corrected chi connectivity index (χ2v) is 5.17. The van der Waals surface area contributed by atoms with Crippen molar-refractivity contribution in [1.29, 1.82) is 0 Å². The molecule has 0 bridgehead atoms. The molecule has 0 unspecified atom stereocenters. The van der Waals surface area contributed by atoms with Crippen LogP contribution in [0.4, 0.5) is 0 Å². The summed E-state index contributed by atoms with van der Waals surface area (Å²) in [7, 11) is 4.57. The van der Waals surface area contributed by atoms with E-state index in [1.165, 1.54) is 21.3 Å². The van der Waals surface area contributed by atoms with Crippen molar-refractivity contribution in [3.63, 3.8) is 0 Å². The fourth-order valence-corrected chi connectivity index (χ4v) is 2.54. The Balaban J connectivity index is 2.05. The van der Waals surface area contributed by atoms with Gasteiger partial charge >= 0.3 is 0 Å². The molecule has 0 amide bonds. The van der Waals surface area contributed by atoms with Gasteiger partial charge in [-0.1, -0.05) is 12.1 Å². The van der Waals surface area contributed by atoms with Crippen molar-refractivity contribution in [2.24, 2.45) is 0 Å². The van der Waals surface area contributed by atoms with E-state index in [1.807, 2.05) is 18.2 Å². The predicted octanol–water partition coefficient (Wildman–Crippen LogP) is 3.30. The number of aryl methyl sites for hydroxylation is 2. The minimum Gasteiger partial charge on any atom is -0.504 e. The van der Waals surface area contributed by atoms with Crippen molar-refractivity contribution in [3.8, 4) is 28.7 Å². The van der Waals surface area contributed by atoms with Gasteiger partial charge in [0.1, 0.15) is 0 Å². The first-order valence-corrected chi connectivity index (χ1v) is 7.39. The molecule has 0 heterocycles. The number of hydrogen-bond acceptors (Lipinski definition) is 5. The van der Waals surface area contributed by atoms with Crippen LogP contribution in [0.1, 0.15) is 17.5 Å². The molecule has 0 radical (unpaired) electrons. The summed E-state index contributed by atoms with van der Waals surface area (Å²) in [6, 6.07) is 8.97. The first-order chi connectivity index (χ1) is 11.1. The van der Waals surface area contributed by atoms with E-state index in [1.54, 1.807) is 12.1 Å². The maximum atomic E-state index is 10.1. The quantitative estimate of drug-likeness (QED) is 0.820. The van der Waals surface area contributed by atoms with Crippen molar-refractivity contribution >= 4 is 0 Å². The fourth-order valence-electron chi connectivity index (χ4n) is 2.54. The van der Waals surface area contributed by atoms with Crippen molar-refractivity contribution in [2.75, 3.05) is 21.3 Å². The molecule has 5 heteroatoms. The SMILES string of the molecule is COc1cc(CCCc2ccc(OC)c(O)c2OC)ccc1O. The van der Waals surface area contributed by atoms with Crippen LogP contribution in [0, 0.1) is 0 Å². The predicted molar refractivity (Wildman–Crippen MR) is 87.9 cm³/mol. The normalized spacial score (nSPS) is 10.4. The zero-order chi connectivity index (χ0) is 16.8. The third-order valence-electron chi connectivity index (χ3n) is 3.76. The number of aromatic hydroxyl groups is 2. The number of rotatable bonds is 7. The van der Waals surface area contributed by atoms with Gasteiger partial charge in [0.2, 0.25) is 5.75 Å². The Morgan fingerprint density at radius 1 is 0.826 bits per heavy atom. The second kappa shape index (κ2) is 7.63. The summed E-state index contributed by atoms with van der Waals surface area (Å²) in [5.74, 6) is 1.49. The largest absolute Gasteiger partial charge is 0.504 e. The van der Waals surface area contributed by atoms with Gasteiger partial charge in [0.25, 0.3) is 0 Å². The maximum absolute atomic E-state index is 10.1. The summed E-state index contributed by atoms with van der Waals surface area (Å²) in [5, 5.41) is 19.7. The topological polar surface area (TPSA) is 68.2 Å². The highest BCUT2D eigenvalue weighted by Gasteiger charge is 2.13. The van der Waals surface area contributed by atoms with Gasteiger partial charge in [-0.25, -0.2) is 0 Å². The molecule has 2 rings (SSSR count). The molecule has 5 nitrogen and oxygen atoms in total. The summed E-state index contributed by atoms with van der Waals surface area (Å²) in [6.45, 7) is 0. The third kappa shape index (κ3) is 3.80.